The van der Waals surface area contributed by atoms with E-state index in [2.05, 4.69) is 20.9 Å². The van der Waals surface area contributed by atoms with E-state index in [0.29, 0.717) is 23.4 Å². The van der Waals surface area contributed by atoms with Gasteiger partial charge in [0.1, 0.15) is 11.9 Å². The van der Waals surface area contributed by atoms with Crippen molar-refractivity contribution in [3.8, 4) is 6.07 Å². The highest BCUT2D eigenvalue weighted by molar-refractivity contribution is 5.79. The minimum Gasteiger partial charge on any atom is -0.381 e. The molecule has 3 aliphatic rings. The zero-order chi connectivity index (χ0) is 20.1. The number of hydrogen-bond acceptors (Lipinski definition) is 5. The number of pyridine rings is 1. The largest absolute Gasteiger partial charge is 0.381 e. The number of hydrogen-bond donors (Lipinski definition) is 0. The van der Waals surface area contributed by atoms with Gasteiger partial charge in [-0.1, -0.05) is 12.8 Å². The van der Waals surface area contributed by atoms with Crippen molar-refractivity contribution in [1.82, 2.24) is 9.88 Å². The first-order valence-corrected chi connectivity index (χ1v) is 11.3. The standard InChI is InChI=1S/C23H32N4O2/c24-17-20-5-4-11-25-22(20)26-13-7-18(8-14-26)21-6-2-1-3-12-27(21)23(28)19-9-15-29-16-10-19/h4-5,11,18-19,21H,1-3,6-10,12-16H2. The SMILES string of the molecule is N#Cc1cccnc1N1CCC(C2CCCCCN2C(=O)C2CCOCC2)CC1. The second-order valence-electron chi connectivity index (χ2n) is 8.65. The van der Waals surface area contributed by atoms with Crippen molar-refractivity contribution in [2.24, 2.45) is 11.8 Å². The van der Waals surface area contributed by atoms with E-state index in [9.17, 15) is 10.1 Å². The molecule has 0 bridgehead atoms. The van der Waals surface area contributed by atoms with Crippen molar-refractivity contribution >= 4 is 11.7 Å². The van der Waals surface area contributed by atoms with E-state index in [-0.39, 0.29) is 5.92 Å². The molecule has 0 spiro atoms. The summed E-state index contributed by atoms with van der Waals surface area (Å²) in [5, 5.41) is 9.39. The molecular weight excluding hydrogens is 364 g/mol. The monoisotopic (exact) mass is 396 g/mol. The van der Waals surface area contributed by atoms with Gasteiger partial charge >= 0.3 is 0 Å². The lowest BCUT2D eigenvalue weighted by molar-refractivity contribution is -0.142. The summed E-state index contributed by atoms with van der Waals surface area (Å²) in [6.45, 7) is 4.18. The highest BCUT2D eigenvalue weighted by Crippen LogP contribution is 2.33. The molecule has 3 fully saturated rings. The fraction of sp³-hybridized carbons (Fsp3) is 0.696. The van der Waals surface area contributed by atoms with Gasteiger partial charge in [-0.25, -0.2) is 4.98 Å². The van der Waals surface area contributed by atoms with Crippen molar-refractivity contribution < 1.29 is 9.53 Å². The molecule has 1 aromatic heterocycles. The van der Waals surface area contributed by atoms with E-state index >= 15 is 0 Å². The lowest BCUT2D eigenvalue weighted by Crippen LogP contribution is -2.50. The van der Waals surface area contributed by atoms with Crippen molar-refractivity contribution in [2.75, 3.05) is 37.7 Å². The van der Waals surface area contributed by atoms with Crippen LogP contribution < -0.4 is 4.90 Å². The molecule has 6 heteroatoms. The molecule has 4 heterocycles. The minimum absolute atomic E-state index is 0.149. The number of nitrogens with zero attached hydrogens (tertiary/aromatic N) is 4. The molecule has 156 valence electrons. The van der Waals surface area contributed by atoms with Gasteiger partial charge in [0.25, 0.3) is 0 Å². The van der Waals surface area contributed by atoms with Crippen LogP contribution in [0.5, 0.6) is 0 Å². The number of carbonyl (C=O) groups is 1. The van der Waals surface area contributed by atoms with Crippen LogP contribution in [0.4, 0.5) is 5.82 Å². The van der Waals surface area contributed by atoms with E-state index in [1.54, 1.807) is 6.20 Å². The fourth-order valence-electron chi connectivity index (χ4n) is 5.31. The summed E-state index contributed by atoms with van der Waals surface area (Å²) in [5.74, 6) is 1.88. The Labute approximate surface area is 173 Å². The van der Waals surface area contributed by atoms with Gasteiger partial charge in [-0.05, 0) is 56.6 Å². The van der Waals surface area contributed by atoms with Crippen LogP contribution in [-0.4, -0.2) is 54.7 Å². The van der Waals surface area contributed by atoms with E-state index < -0.39 is 0 Å². The van der Waals surface area contributed by atoms with Crippen LogP contribution in [0, 0.1) is 23.2 Å². The molecule has 1 atom stereocenters. The average Bonchev–Trinajstić information content (AvgIpc) is 3.05. The Bertz CT molecular complexity index is 733. The van der Waals surface area contributed by atoms with E-state index in [1.807, 2.05) is 12.1 Å². The Morgan fingerprint density at radius 3 is 2.62 bits per heavy atom. The zero-order valence-electron chi connectivity index (χ0n) is 17.3. The normalized spacial score (nSPS) is 24.7. The summed E-state index contributed by atoms with van der Waals surface area (Å²) in [6, 6.07) is 6.30. The Morgan fingerprint density at radius 1 is 1.07 bits per heavy atom. The third-order valence-corrected chi connectivity index (χ3v) is 6.94. The van der Waals surface area contributed by atoms with Crippen LogP contribution in [0.25, 0.3) is 0 Å². The number of carbonyl (C=O) groups excluding carboxylic acids is 1. The van der Waals surface area contributed by atoms with Gasteiger partial charge in [0, 0.05) is 51.0 Å². The molecule has 1 amide bonds. The Kier molecular flexibility index (Phi) is 6.66. The van der Waals surface area contributed by atoms with Gasteiger partial charge in [-0.3, -0.25) is 4.79 Å². The maximum atomic E-state index is 13.3. The number of anilines is 1. The van der Waals surface area contributed by atoms with Gasteiger partial charge in [0.15, 0.2) is 0 Å². The first kappa shape index (κ1) is 20.2. The van der Waals surface area contributed by atoms with Gasteiger partial charge in [-0.15, -0.1) is 0 Å². The summed E-state index contributed by atoms with van der Waals surface area (Å²) >= 11 is 0. The number of amides is 1. The number of aromatic nitrogens is 1. The molecule has 0 radical (unpaired) electrons. The van der Waals surface area contributed by atoms with E-state index in [4.69, 9.17) is 4.74 Å². The number of nitriles is 1. The Morgan fingerprint density at radius 2 is 1.86 bits per heavy atom. The predicted octanol–water partition coefficient (Wildman–Crippen LogP) is 3.37. The lowest BCUT2D eigenvalue weighted by Gasteiger charge is -2.42. The third kappa shape index (κ3) is 4.56. The fourth-order valence-corrected chi connectivity index (χ4v) is 5.31. The second-order valence-corrected chi connectivity index (χ2v) is 8.65. The highest BCUT2D eigenvalue weighted by atomic mass is 16.5. The molecule has 0 saturated carbocycles. The van der Waals surface area contributed by atoms with Crippen LogP contribution in [-0.2, 0) is 9.53 Å². The van der Waals surface area contributed by atoms with Crippen LogP contribution in [0.3, 0.4) is 0 Å². The number of rotatable bonds is 3. The molecule has 6 nitrogen and oxygen atoms in total. The molecule has 3 saturated heterocycles. The third-order valence-electron chi connectivity index (χ3n) is 6.94. The second kappa shape index (κ2) is 9.58. The van der Waals surface area contributed by atoms with Gasteiger partial charge in [0.05, 0.1) is 5.56 Å². The first-order valence-electron chi connectivity index (χ1n) is 11.3. The lowest BCUT2D eigenvalue weighted by atomic mass is 9.85. The molecule has 4 rings (SSSR count). The number of ether oxygens (including phenoxy) is 1. The van der Waals surface area contributed by atoms with Crippen LogP contribution in [0.1, 0.15) is 56.9 Å². The summed E-state index contributed by atoms with van der Waals surface area (Å²) in [6.07, 6.45) is 10.3. The zero-order valence-corrected chi connectivity index (χ0v) is 17.3. The smallest absolute Gasteiger partial charge is 0.226 e. The molecule has 1 aromatic rings. The predicted molar refractivity (Wildman–Crippen MR) is 111 cm³/mol. The summed E-state index contributed by atoms with van der Waals surface area (Å²) in [5.41, 5.74) is 0.650. The van der Waals surface area contributed by atoms with Crippen molar-refractivity contribution in [3.05, 3.63) is 23.9 Å². The van der Waals surface area contributed by atoms with Crippen LogP contribution in [0.15, 0.2) is 18.3 Å². The summed E-state index contributed by atoms with van der Waals surface area (Å²) < 4.78 is 5.47. The Balaban J connectivity index is 1.43. The van der Waals surface area contributed by atoms with E-state index in [0.717, 1.165) is 77.2 Å². The molecular formula is C23H32N4O2. The first-order chi connectivity index (χ1) is 14.3. The van der Waals surface area contributed by atoms with Crippen molar-refractivity contribution in [2.45, 2.75) is 57.4 Å². The van der Waals surface area contributed by atoms with Crippen molar-refractivity contribution in [3.63, 3.8) is 0 Å². The summed E-state index contributed by atoms with van der Waals surface area (Å²) in [7, 11) is 0. The molecule has 0 N–H and O–H groups in total. The molecule has 3 aliphatic heterocycles. The van der Waals surface area contributed by atoms with E-state index in [1.165, 1.54) is 12.8 Å². The highest BCUT2D eigenvalue weighted by Gasteiger charge is 2.37. The number of likely N-dealkylation sites (tertiary alicyclic amines) is 1. The topological polar surface area (TPSA) is 69.5 Å². The molecule has 1 unspecified atom stereocenters. The van der Waals surface area contributed by atoms with Gasteiger partial charge in [-0.2, -0.15) is 5.26 Å². The quantitative estimate of drug-likeness (QED) is 0.783. The molecule has 29 heavy (non-hydrogen) atoms. The maximum absolute atomic E-state index is 13.3. The summed E-state index contributed by atoms with van der Waals surface area (Å²) in [4.78, 5) is 22.3. The maximum Gasteiger partial charge on any atom is 0.226 e. The van der Waals surface area contributed by atoms with Crippen molar-refractivity contribution in [1.29, 1.82) is 5.26 Å². The average molecular weight is 397 g/mol. The number of piperidine rings is 1. The molecule has 0 aliphatic carbocycles. The van der Waals surface area contributed by atoms with Crippen LogP contribution >= 0.6 is 0 Å². The van der Waals surface area contributed by atoms with Crippen LogP contribution in [0.2, 0.25) is 0 Å². The van der Waals surface area contributed by atoms with Gasteiger partial charge in [0.2, 0.25) is 5.91 Å². The van der Waals surface area contributed by atoms with Gasteiger partial charge < -0.3 is 14.5 Å². The minimum atomic E-state index is 0.149. The molecule has 0 aromatic carbocycles. The Hall–Kier alpha value is -2.13.